The fraction of sp³-hybridized carbons (Fsp3) is 0.0833. The maximum Gasteiger partial charge on any atom is 0.251 e. The number of aromatic nitrogens is 2. The molecule has 1 heterocycles. The minimum Gasteiger partial charge on any atom is -0.399 e. The minimum atomic E-state index is -0.581. The van der Waals surface area contributed by atoms with Gasteiger partial charge in [-0.1, -0.05) is 6.07 Å². The first-order valence-corrected chi connectivity index (χ1v) is 5.52. The second-order valence-electron chi connectivity index (χ2n) is 3.96. The van der Waals surface area contributed by atoms with E-state index >= 15 is 0 Å². The lowest BCUT2D eigenvalue weighted by molar-refractivity contribution is -0.116. The van der Waals surface area contributed by atoms with Crippen molar-refractivity contribution in [2.45, 2.75) is 6.54 Å². The predicted molar refractivity (Wildman–Crippen MR) is 70.2 cm³/mol. The molecule has 7 heteroatoms. The van der Waals surface area contributed by atoms with Gasteiger partial charge in [-0.25, -0.2) is 0 Å². The molecule has 0 bridgehead atoms. The number of primary amides is 1. The van der Waals surface area contributed by atoms with Crippen LogP contribution >= 0.6 is 0 Å². The normalized spacial score (nSPS) is 10.1. The lowest BCUT2D eigenvalue weighted by Crippen LogP contribution is -2.19. The number of amides is 2. The Bertz CT molecular complexity index is 620. The molecule has 0 aliphatic heterocycles. The third-order valence-electron chi connectivity index (χ3n) is 2.39. The quantitative estimate of drug-likeness (QED) is 0.680. The number of hydrogen-bond acceptors (Lipinski definition) is 4. The van der Waals surface area contributed by atoms with E-state index in [2.05, 4.69) is 10.4 Å². The van der Waals surface area contributed by atoms with E-state index in [1.165, 1.54) is 17.1 Å². The molecule has 0 fully saturated rings. The summed E-state index contributed by atoms with van der Waals surface area (Å²) >= 11 is 0. The van der Waals surface area contributed by atoms with Crippen LogP contribution in [0.15, 0.2) is 36.7 Å². The van der Waals surface area contributed by atoms with Gasteiger partial charge in [-0.2, -0.15) is 5.10 Å². The molecule has 0 aliphatic rings. The Kier molecular flexibility index (Phi) is 3.46. The van der Waals surface area contributed by atoms with Gasteiger partial charge in [0.05, 0.1) is 11.8 Å². The number of rotatable bonds is 4. The van der Waals surface area contributed by atoms with E-state index in [0.717, 1.165) is 0 Å². The first-order valence-electron chi connectivity index (χ1n) is 5.52. The Morgan fingerprint density at radius 1 is 1.37 bits per heavy atom. The van der Waals surface area contributed by atoms with Crippen molar-refractivity contribution in [1.29, 1.82) is 0 Å². The highest BCUT2D eigenvalue weighted by Gasteiger charge is 2.08. The largest absolute Gasteiger partial charge is 0.399 e. The molecule has 0 saturated heterocycles. The van der Waals surface area contributed by atoms with Crippen LogP contribution in [-0.2, 0) is 11.3 Å². The van der Waals surface area contributed by atoms with Crippen molar-refractivity contribution in [2.24, 2.45) is 5.73 Å². The molecule has 0 atom stereocenters. The summed E-state index contributed by atoms with van der Waals surface area (Å²) in [5.41, 5.74) is 12.1. The summed E-state index contributed by atoms with van der Waals surface area (Å²) < 4.78 is 1.34. The van der Waals surface area contributed by atoms with E-state index in [-0.39, 0.29) is 18.0 Å². The van der Waals surface area contributed by atoms with Gasteiger partial charge in [0.15, 0.2) is 0 Å². The zero-order chi connectivity index (χ0) is 13.8. The molecule has 2 aromatic rings. The maximum absolute atomic E-state index is 11.7. The summed E-state index contributed by atoms with van der Waals surface area (Å²) in [5, 5.41) is 6.54. The predicted octanol–water partition coefficient (Wildman–Crippen LogP) is 0.203. The minimum absolute atomic E-state index is 0.0118. The third kappa shape index (κ3) is 3.32. The number of carbonyl (C=O) groups is 2. The number of hydrogen-bond donors (Lipinski definition) is 3. The highest BCUT2D eigenvalue weighted by Crippen LogP contribution is 2.11. The van der Waals surface area contributed by atoms with Crippen molar-refractivity contribution in [3.63, 3.8) is 0 Å². The second-order valence-corrected chi connectivity index (χ2v) is 3.96. The van der Waals surface area contributed by atoms with Gasteiger partial charge in [-0.3, -0.25) is 14.3 Å². The summed E-state index contributed by atoms with van der Waals surface area (Å²) in [4.78, 5) is 22.6. The third-order valence-corrected chi connectivity index (χ3v) is 2.39. The van der Waals surface area contributed by atoms with Crippen LogP contribution in [0.5, 0.6) is 0 Å². The topological polar surface area (TPSA) is 116 Å². The molecular formula is C12H13N5O2. The number of nitrogens with one attached hydrogen (secondary N) is 1. The van der Waals surface area contributed by atoms with Gasteiger partial charge < -0.3 is 16.8 Å². The van der Waals surface area contributed by atoms with E-state index in [0.29, 0.717) is 11.4 Å². The molecule has 1 aromatic heterocycles. The zero-order valence-electron chi connectivity index (χ0n) is 10.0. The van der Waals surface area contributed by atoms with Crippen LogP contribution in [0.4, 0.5) is 11.4 Å². The molecule has 1 aromatic carbocycles. The number of carbonyl (C=O) groups excluding carboxylic acids is 2. The highest BCUT2D eigenvalue weighted by atomic mass is 16.2. The van der Waals surface area contributed by atoms with Crippen LogP contribution in [0.25, 0.3) is 0 Å². The van der Waals surface area contributed by atoms with Crippen molar-refractivity contribution < 1.29 is 9.59 Å². The monoisotopic (exact) mass is 259 g/mol. The van der Waals surface area contributed by atoms with Crippen LogP contribution in [0.3, 0.4) is 0 Å². The average molecular weight is 259 g/mol. The van der Waals surface area contributed by atoms with Gasteiger partial charge in [0, 0.05) is 17.6 Å². The number of anilines is 2. The number of nitrogen functional groups attached to an aromatic ring is 1. The van der Waals surface area contributed by atoms with Crippen LogP contribution < -0.4 is 16.8 Å². The van der Waals surface area contributed by atoms with Crippen LogP contribution in [0, 0.1) is 0 Å². The lowest BCUT2D eigenvalue weighted by atomic mass is 10.3. The van der Waals surface area contributed by atoms with E-state index in [1.807, 2.05) is 0 Å². The Labute approximate surface area is 109 Å². The fourth-order valence-corrected chi connectivity index (χ4v) is 1.54. The fourth-order valence-electron chi connectivity index (χ4n) is 1.54. The molecule has 2 amide bonds. The van der Waals surface area contributed by atoms with Crippen LogP contribution in [0.2, 0.25) is 0 Å². The molecule has 2 rings (SSSR count). The van der Waals surface area contributed by atoms with Crippen LogP contribution in [0.1, 0.15) is 10.4 Å². The molecule has 0 aliphatic carbocycles. The van der Waals surface area contributed by atoms with Gasteiger partial charge in [0.2, 0.25) is 5.91 Å². The van der Waals surface area contributed by atoms with E-state index in [1.54, 1.807) is 24.3 Å². The first-order chi connectivity index (χ1) is 9.04. The lowest BCUT2D eigenvalue weighted by Gasteiger charge is -2.05. The Morgan fingerprint density at radius 2 is 2.16 bits per heavy atom. The number of benzene rings is 1. The highest BCUT2D eigenvalue weighted by molar-refractivity contribution is 5.93. The molecule has 0 saturated carbocycles. The first kappa shape index (κ1) is 12.6. The van der Waals surface area contributed by atoms with Gasteiger partial charge in [-0.15, -0.1) is 0 Å². The van der Waals surface area contributed by atoms with Crippen molar-refractivity contribution in [2.75, 3.05) is 11.1 Å². The molecule has 98 valence electrons. The summed E-state index contributed by atoms with van der Waals surface area (Å²) in [6.07, 6.45) is 2.73. The molecule has 7 nitrogen and oxygen atoms in total. The van der Waals surface area contributed by atoms with Crippen LogP contribution in [-0.4, -0.2) is 21.6 Å². The molecule has 19 heavy (non-hydrogen) atoms. The molecule has 0 radical (unpaired) electrons. The van der Waals surface area contributed by atoms with Crippen molar-refractivity contribution >= 4 is 23.2 Å². The molecule has 0 spiro atoms. The number of nitrogens with zero attached hydrogens (tertiary/aromatic N) is 2. The summed E-state index contributed by atoms with van der Waals surface area (Å²) in [5.74, 6) is -0.854. The van der Waals surface area contributed by atoms with Gasteiger partial charge >= 0.3 is 0 Å². The van der Waals surface area contributed by atoms with Gasteiger partial charge in [0.25, 0.3) is 5.91 Å². The maximum atomic E-state index is 11.7. The molecule has 5 N–H and O–H groups in total. The van der Waals surface area contributed by atoms with Gasteiger partial charge in [0.1, 0.15) is 6.54 Å². The SMILES string of the molecule is NC(=O)c1cnn(CC(=O)Nc2cccc(N)c2)c1. The van der Waals surface area contributed by atoms with E-state index in [4.69, 9.17) is 11.5 Å². The van der Waals surface area contributed by atoms with Crippen molar-refractivity contribution in [1.82, 2.24) is 9.78 Å². The summed E-state index contributed by atoms with van der Waals surface area (Å²) in [6, 6.07) is 6.84. The van der Waals surface area contributed by atoms with Crippen molar-refractivity contribution in [3.8, 4) is 0 Å². The number of nitrogens with two attached hydrogens (primary N) is 2. The van der Waals surface area contributed by atoms with Crippen molar-refractivity contribution in [3.05, 3.63) is 42.2 Å². The average Bonchev–Trinajstić information content (AvgIpc) is 2.77. The zero-order valence-corrected chi connectivity index (χ0v) is 10.0. The standard InChI is InChI=1S/C12H13N5O2/c13-9-2-1-3-10(4-9)16-11(18)7-17-6-8(5-15-17)12(14)19/h1-6H,7,13H2,(H2,14,19)(H,16,18). The second kappa shape index (κ2) is 5.21. The Morgan fingerprint density at radius 3 is 2.79 bits per heavy atom. The van der Waals surface area contributed by atoms with E-state index < -0.39 is 5.91 Å². The summed E-state index contributed by atoms with van der Waals surface area (Å²) in [6.45, 7) is -0.0118. The Balaban J connectivity index is 1.99. The smallest absolute Gasteiger partial charge is 0.251 e. The van der Waals surface area contributed by atoms with E-state index in [9.17, 15) is 9.59 Å². The van der Waals surface area contributed by atoms with Gasteiger partial charge in [-0.05, 0) is 18.2 Å². The summed E-state index contributed by atoms with van der Waals surface area (Å²) in [7, 11) is 0. The molecular weight excluding hydrogens is 246 g/mol. The Hall–Kier alpha value is -2.83. The molecule has 0 unspecified atom stereocenters.